The van der Waals surface area contributed by atoms with Gasteiger partial charge in [0.25, 0.3) is 5.56 Å². The van der Waals surface area contributed by atoms with Crippen LogP contribution in [-0.2, 0) is 6.54 Å². The molecule has 26 heavy (non-hydrogen) atoms. The Morgan fingerprint density at radius 2 is 2.00 bits per heavy atom. The molecule has 0 unspecified atom stereocenters. The SMILES string of the molecule is CC(=O)c1ccc(N=Cc2c(O)n(Cc3ccco3)c(=O)[nH]c2=O)cc1. The minimum atomic E-state index is -0.758. The Morgan fingerprint density at radius 3 is 2.62 bits per heavy atom. The number of carbonyl (C=O) groups is 1. The number of aromatic nitrogens is 2. The Hall–Kier alpha value is -3.68. The molecule has 0 spiro atoms. The number of nitrogens with zero attached hydrogens (tertiary/aromatic N) is 2. The molecule has 0 aliphatic rings. The number of hydrogen-bond donors (Lipinski definition) is 2. The van der Waals surface area contributed by atoms with Gasteiger partial charge in [-0.15, -0.1) is 0 Å². The average molecular weight is 353 g/mol. The standard InChI is InChI=1S/C18H15N3O5/c1-11(22)12-4-6-13(7-5-12)19-9-15-16(23)20-18(25)21(17(15)24)10-14-3-2-8-26-14/h2-9,24H,10H2,1H3,(H,20,23,25). The number of aromatic hydroxyl groups is 1. The van der Waals surface area contributed by atoms with Gasteiger partial charge >= 0.3 is 5.69 Å². The maximum Gasteiger partial charge on any atom is 0.331 e. The van der Waals surface area contributed by atoms with Gasteiger partial charge in [0.15, 0.2) is 5.78 Å². The molecule has 2 aromatic heterocycles. The minimum Gasteiger partial charge on any atom is -0.494 e. The summed E-state index contributed by atoms with van der Waals surface area (Å²) in [4.78, 5) is 41.5. The highest BCUT2D eigenvalue weighted by Crippen LogP contribution is 2.15. The first-order valence-corrected chi connectivity index (χ1v) is 7.69. The maximum absolute atomic E-state index is 12.0. The summed E-state index contributed by atoms with van der Waals surface area (Å²) in [6.07, 6.45) is 2.60. The second-order valence-electron chi connectivity index (χ2n) is 5.52. The van der Waals surface area contributed by atoms with Gasteiger partial charge < -0.3 is 9.52 Å². The van der Waals surface area contributed by atoms with Crippen molar-refractivity contribution in [3.63, 3.8) is 0 Å². The van der Waals surface area contributed by atoms with Crippen LogP contribution in [0.25, 0.3) is 0 Å². The van der Waals surface area contributed by atoms with E-state index in [0.29, 0.717) is 17.0 Å². The van der Waals surface area contributed by atoms with Crippen LogP contribution in [0.3, 0.4) is 0 Å². The van der Waals surface area contributed by atoms with Gasteiger partial charge in [0.1, 0.15) is 11.3 Å². The van der Waals surface area contributed by atoms with Crippen LogP contribution < -0.4 is 11.2 Å². The number of rotatable bonds is 5. The van der Waals surface area contributed by atoms with Gasteiger partial charge in [0.05, 0.1) is 18.5 Å². The third-order valence-corrected chi connectivity index (χ3v) is 3.72. The number of nitrogens with one attached hydrogen (secondary N) is 1. The lowest BCUT2D eigenvalue weighted by Crippen LogP contribution is -2.32. The first-order chi connectivity index (χ1) is 12.5. The number of Topliss-reactive ketones (excluding diaryl/α,β-unsaturated/α-hetero) is 1. The zero-order valence-electron chi connectivity index (χ0n) is 13.8. The number of furan rings is 1. The van der Waals surface area contributed by atoms with Gasteiger partial charge in [0.2, 0.25) is 5.88 Å². The Morgan fingerprint density at radius 1 is 1.27 bits per heavy atom. The summed E-state index contributed by atoms with van der Waals surface area (Å²) in [5.74, 6) is -0.143. The van der Waals surface area contributed by atoms with E-state index in [4.69, 9.17) is 4.42 Å². The minimum absolute atomic E-state index is 0.0391. The molecule has 0 saturated carbocycles. The van der Waals surface area contributed by atoms with E-state index in [1.807, 2.05) is 0 Å². The van der Waals surface area contributed by atoms with Crippen LogP contribution in [0.15, 0.2) is 61.7 Å². The molecular formula is C18H15N3O5. The van der Waals surface area contributed by atoms with Crippen molar-refractivity contribution in [1.82, 2.24) is 9.55 Å². The second-order valence-corrected chi connectivity index (χ2v) is 5.52. The van der Waals surface area contributed by atoms with Crippen LogP contribution in [0.2, 0.25) is 0 Å². The average Bonchev–Trinajstić information content (AvgIpc) is 3.12. The molecule has 0 aliphatic carbocycles. The third kappa shape index (κ3) is 3.54. The summed E-state index contributed by atoms with van der Waals surface area (Å²) in [5, 5.41) is 10.3. The summed E-state index contributed by atoms with van der Waals surface area (Å²) < 4.78 is 6.13. The summed E-state index contributed by atoms with van der Waals surface area (Å²) in [7, 11) is 0. The van der Waals surface area contributed by atoms with Crippen LogP contribution in [0, 0.1) is 0 Å². The largest absolute Gasteiger partial charge is 0.494 e. The van der Waals surface area contributed by atoms with E-state index < -0.39 is 17.1 Å². The van der Waals surface area contributed by atoms with E-state index >= 15 is 0 Å². The first-order valence-electron chi connectivity index (χ1n) is 7.69. The van der Waals surface area contributed by atoms with E-state index in [1.54, 1.807) is 36.4 Å². The summed E-state index contributed by atoms with van der Waals surface area (Å²) >= 11 is 0. The molecule has 1 aromatic carbocycles. The number of H-pyrrole nitrogens is 1. The summed E-state index contributed by atoms with van der Waals surface area (Å²) in [5.41, 5.74) is -0.653. The fourth-order valence-corrected chi connectivity index (χ4v) is 2.32. The molecule has 2 heterocycles. The van der Waals surface area contributed by atoms with Crippen LogP contribution in [0.4, 0.5) is 5.69 Å². The van der Waals surface area contributed by atoms with E-state index in [0.717, 1.165) is 10.8 Å². The Kier molecular flexibility index (Phi) is 4.66. The van der Waals surface area contributed by atoms with Gasteiger partial charge in [-0.25, -0.2) is 4.79 Å². The third-order valence-electron chi connectivity index (χ3n) is 3.72. The summed E-state index contributed by atoms with van der Waals surface area (Å²) in [6.45, 7) is 1.42. The van der Waals surface area contributed by atoms with Gasteiger partial charge in [-0.1, -0.05) is 0 Å². The molecular weight excluding hydrogens is 338 g/mol. The quantitative estimate of drug-likeness (QED) is 0.536. The number of aliphatic imine (C=N–C) groups is 1. The Balaban J connectivity index is 1.95. The van der Waals surface area contributed by atoms with E-state index in [9.17, 15) is 19.5 Å². The molecule has 8 nitrogen and oxygen atoms in total. The first kappa shape index (κ1) is 17.2. The lowest BCUT2D eigenvalue weighted by Gasteiger charge is -2.07. The lowest BCUT2D eigenvalue weighted by atomic mass is 10.1. The van der Waals surface area contributed by atoms with Crippen molar-refractivity contribution in [1.29, 1.82) is 0 Å². The number of ketones is 1. The molecule has 132 valence electrons. The predicted octanol–water partition coefficient (Wildman–Crippen LogP) is 1.84. The van der Waals surface area contributed by atoms with Gasteiger partial charge in [-0.3, -0.25) is 24.1 Å². The normalized spacial score (nSPS) is 11.1. The van der Waals surface area contributed by atoms with Crippen molar-refractivity contribution in [2.45, 2.75) is 13.5 Å². The fourth-order valence-electron chi connectivity index (χ4n) is 2.32. The molecule has 3 aromatic rings. The highest BCUT2D eigenvalue weighted by Gasteiger charge is 2.13. The Labute approximate surface area is 147 Å². The van der Waals surface area contributed by atoms with Crippen molar-refractivity contribution < 1.29 is 14.3 Å². The van der Waals surface area contributed by atoms with Crippen molar-refractivity contribution in [2.75, 3.05) is 0 Å². The van der Waals surface area contributed by atoms with Crippen LogP contribution in [0.5, 0.6) is 5.88 Å². The molecule has 2 N–H and O–H groups in total. The van der Waals surface area contributed by atoms with Crippen LogP contribution in [0.1, 0.15) is 28.6 Å². The molecule has 3 rings (SSSR count). The van der Waals surface area contributed by atoms with Crippen LogP contribution >= 0.6 is 0 Å². The topological polar surface area (TPSA) is 118 Å². The number of carbonyl (C=O) groups excluding carboxylic acids is 1. The number of hydrogen-bond acceptors (Lipinski definition) is 6. The van der Waals surface area contributed by atoms with Gasteiger partial charge in [-0.05, 0) is 43.3 Å². The zero-order chi connectivity index (χ0) is 18.7. The predicted molar refractivity (Wildman–Crippen MR) is 94.5 cm³/mol. The van der Waals surface area contributed by atoms with Crippen molar-refractivity contribution in [2.24, 2.45) is 4.99 Å². The monoisotopic (exact) mass is 353 g/mol. The molecule has 0 amide bonds. The molecule has 0 saturated heterocycles. The highest BCUT2D eigenvalue weighted by atomic mass is 16.3. The van der Waals surface area contributed by atoms with Crippen molar-refractivity contribution in [3.05, 3.63) is 80.4 Å². The lowest BCUT2D eigenvalue weighted by molar-refractivity contribution is 0.101. The number of aromatic amines is 1. The van der Waals surface area contributed by atoms with Gasteiger partial charge in [0, 0.05) is 11.8 Å². The molecule has 0 fully saturated rings. The zero-order valence-corrected chi connectivity index (χ0v) is 13.8. The van der Waals surface area contributed by atoms with Crippen molar-refractivity contribution >= 4 is 17.7 Å². The van der Waals surface area contributed by atoms with Gasteiger partial charge in [-0.2, -0.15) is 0 Å². The van der Waals surface area contributed by atoms with E-state index in [-0.39, 0.29) is 17.9 Å². The molecule has 0 bridgehead atoms. The van der Waals surface area contributed by atoms with E-state index in [2.05, 4.69) is 9.98 Å². The molecule has 8 heteroatoms. The highest BCUT2D eigenvalue weighted by molar-refractivity contribution is 5.94. The van der Waals surface area contributed by atoms with Crippen LogP contribution in [-0.4, -0.2) is 26.7 Å². The fraction of sp³-hybridized carbons (Fsp3) is 0.111. The second kappa shape index (κ2) is 7.06. The smallest absolute Gasteiger partial charge is 0.331 e. The summed E-state index contributed by atoms with van der Waals surface area (Å²) in [6, 6.07) is 9.72. The Bertz CT molecular complexity index is 1070. The molecule has 0 radical (unpaired) electrons. The van der Waals surface area contributed by atoms with E-state index in [1.165, 1.54) is 13.2 Å². The number of benzene rings is 1. The van der Waals surface area contributed by atoms with Crippen molar-refractivity contribution in [3.8, 4) is 5.88 Å². The molecule has 0 aliphatic heterocycles. The molecule has 0 atom stereocenters. The maximum atomic E-state index is 12.0.